The lowest BCUT2D eigenvalue weighted by atomic mass is 10.0. The molecular formula is C22H41N7O5S. The highest BCUT2D eigenvalue weighted by molar-refractivity contribution is 7.98. The van der Waals surface area contributed by atoms with Crippen LogP contribution in [0, 0.1) is 5.92 Å². The van der Waals surface area contributed by atoms with Crippen LogP contribution < -0.4 is 27.8 Å². The molecular weight excluding hydrogens is 474 g/mol. The predicted octanol–water partition coefficient (Wildman–Crippen LogP) is -0.788. The van der Waals surface area contributed by atoms with E-state index in [1.54, 1.807) is 11.8 Å². The van der Waals surface area contributed by atoms with Crippen molar-refractivity contribution in [3.63, 3.8) is 0 Å². The number of carboxylic acids is 1. The van der Waals surface area contributed by atoms with E-state index in [9.17, 15) is 24.3 Å². The van der Waals surface area contributed by atoms with Gasteiger partial charge < -0.3 is 37.8 Å². The van der Waals surface area contributed by atoms with Crippen LogP contribution in [-0.2, 0) is 19.2 Å². The molecule has 200 valence electrons. The molecule has 1 heterocycles. The maximum absolute atomic E-state index is 13.4. The van der Waals surface area contributed by atoms with Gasteiger partial charge in [0.1, 0.15) is 18.1 Å². The number of carboxylic acid groups (broad SMARTS) is 1. The number of amides is 3. The van der Waals surface area contributed by atoms with Gasteiger partial charge in [0.2, 0.25) is 17.7 Å². The Kier molecular flexibility index (Phi) is 13.5. The smallest absolute Gasteiger partial charge is 0.326 e. The quantitative estimate of drug-likeness (QED) is 0.0916. The predicted molar refractivity (Wildman–Crippen MR) is 137 cm³/mol. The van der Waals surface area contributed by atoms with Gasteiger partial charge in [-0.05, 0) is 56.5 Å². The van der Waals surface area contributed by atoms with Crippen LogP contribution in [0.5, 0.6) is 0 Å². The number of aliphatic carboxylic acids is 1. The van der Waals surface area contributed by atoms with Crippen molar-refractivity contribution in [1.29, 1.82) is 0 Å². The lowest BCUT2D eigenvalue weighted by Crippen LogP contribution is -2.57. The third-order valence-electron chi connectivity index (χ3n) is 5.69. The molecule has 0 saturated carbocycles. The lowest BCUT2D eigenvalue weighted by molar-refractivity contribution is -0.145. The summed E-state index contributed by atoms with van der Waals surface area (Å²) in [5.41, 5.74) is 16.5. The van der Waals surface area contributed by atoms with Crippen LogP contribution in [0.15, 0.2) is 4.99 Å². The van der Waals surface area contributed by atoms with E-state index in [4.69, 9.17) is 17.2 Å². The summed E-state index contributed by atoms with van der Waals surface area (Å²) in [6, 6.07) is -3.47. The van der Waals surface area contributed by atoms with Crippen LogP contribution in [0.25, 0.3) is 0 Å². The zero-order valence-corrected chi connectivity index (χ0v) is 21.7. The number of hydrogen-bond acceptors (Lipinski definition) is 7. The molecule has 0 aromatic rings. The molecule has 0 aliphatic carbocycles. The number of guanidine groups is 1. The summed E-state index contributed by atoms with van der Waals surface area (Å²) in [4.78, 5) is 55.8. The topological polar surface area (TPSA) is 206 Å². The number of carbonyl (C=O) groups is 4. The van der Waals surface area contributed by atoms with Crippen molar-refractivity contribution < 1.29 is 24.3 Å². The minimum absolute atomic E-state index is 0.0886. The lowest BCUT2D eigenvalue weighted by Gasteiger charge is -2.30. The van der Waals surface area contributed by atoms with Crippen LogP contribution in [0.1, 0.15) is 52.4 Å². The van der Waals surface area contributed by atoms with Gasteiger partial charge in [-0.3, -0.25) is 19.4 Å². The molecule has 0 aromatic heterocycles. The van der Waals surface area contributed by atoms with E-state index in [2.05, 4.69) is 15.6 Å². The van der Waals surface area contributed by atoms with Crippen molar-refractivity contribution in [1.82, 2.24) is 15.5 Å². The Hall–Kier alpha value is -2.54. The number of likely N-dealkylation sites (tertiary alicyclic amines) is 1. The molecule has 13 heteroatoms. The second kappa shape index (κ2) is 15.5. The molecule has 0 spiro atoms. The molecule has 1 aliphatic rings. The largest absolute Gasteiger partial charge is 0.480 e. The molecule has 0 radical (unpaired) electrons. The first-order valence-corrected chi connectivity index (χ1v) is 13.3. The number of rotatable bonds is 15. The molecule has 1 fully saturated rings. The van der Waals surface area contributed by atoms with E-state index in [0.29, 0.717) is 38.6 Å². The van der Waals surface area contributed by atoms with Gasteiger partial charge >= 0.3 is 5.97 Å². The molecule has 3 amide bonds. The third kappa shape index (κ3) is 10.7. The van der Waals surface area contributed by atoms with Gasteiger partial charge in [0.25, 0.3) is 0 Å². The highest BCUT2D eigenvalue weighted by Crippen LogP contribution is 2.21. The highest BCUT2D eigenvalue weighted by Gasteiger charge is 2.39. The van der Waals surface area contributed by atoms with E-state index in [1.165, 1.54) is 4.90 Å². The number of thioether (sulfide) groups is 1. The van der Waals surface area contributed by atoms with Crippen molar-refractivity contribution in [2.75, 3.05) is 25.1 Å². The fourth-order valence-corrected chi connectivity index (χ4v) is 4.37. The summed E-state index contributed by atoms with van der Waals surface area (Å²) in [5.74, 6) is -1.72. The summed E-state index contributed by atoms with van der Waals surface area (Å²) in [7, 11) is 0. The molecule has 1 rings (SSSR count). The number of aliphatic imine (C=N–C) groups is 1. The van der Waals surface area contributed by atoms with Gasteiger partial charge in [-0.15, -0.1) is 0 Å². The minimum Gasteiger partial charge on any atom is -0.480 e. The van der Waals surface area contributed by atoms with Gasteiger partial charge in [0.05, 0.1) is 6.04 Å². The number of hydrogen-bond donors (Lipinski definition) is 6. The van der Waals surface area contributed by atoms with Crippen LogP contribution >= 0.6 is 11.8 Å². The Morgan fingerprint density at radius 3 is 2.40 bits per heavy atom. The SMILES string of the molecule is CSCCC(N)C(=O)NC(CC(C)C)C(=O)N1CCCC1C(=O)NC(CCCN=C(N)N)C(=O)O. The molecule has 1 aliphatic heterocycles. The van der Waals surface area contributed by atoms with E-state index in [0.717, 1.165) is 5.75 Å². The van der Waals surface area contributed by atoms with Gasteiger partial charge in [0.15, 0.2) is 5.96 Å². The van der Waals surface area contributed by atoms with Crippen molar-refractivity contribution in [3.8, 4) is 0 Å². The fourth-order valence-electron chi connectivity index (χ4n) is 3.88. The molecule has 4 unspecified atom stereocenters. The summed E-state index contributed by atoms with van der Waals surface area (Å²) < 4.78 is 0. The number of nitrogens with two attached hydrogens (primary N) is 3. The fraction of sp³-hybridized carbons (Fsp3) is 0.773. The summed E-state index contributed by atoms with van der Waals surface area (Å²) in [6.07, 6.45) is 4.32. The van der Waals surface area contributed by atoms with Crippen molar-refractivity contribution >= 4 is 41.4 Å². The number of nitrogens with zero attached hydrogens (tertiary/aromatic N) is 2. The van der Waals surface area contributed by atoms with E-state index in [-0.39, 0.29) is 30.8 Å². The zero-order valence-electron chi connectivity index (χ0n) is 20.9. The molecule has 4 atom stereocenters. The van der Waals surface area contributed by atoms with E-state index in [1.807, 2.05) is 20.1 Å². The average Bonchev–Trinajstić information content (AvgIpc) is 3.27. The number of carbonyl (C=O) groups excluding carboxylic acids is 3. The second-order valence-corrected chi connectivity index (χ2v) is 10.1. The molecule has 1 saturated heterocycles. The van der Waals surface area contributed by atoms with Crippen LogP contribution in [0.3, 0.4) is 0 Å². The maximum Gasteiger partial charge on any atom is 0.326 e. The molecule has 35 heavy (non-hydrogen) atoms. The summed E-state index contributed by atoms with van der Waals surface area (Å²) in [6.45, 7) is 4.47. The Morgan fingerprint density at radius 1 is 1.14 bits per heavy atom. The monoisotopic (exact) mass is 515 g/mol. The zero-order chi connectivity index (χ0) is 26.5. The number of nitrogens with one attached hydrogen (secondary N) is 2. The van der Waals surface area contributed by atoms with Crippen molar-refractivity contribution in [2.24, 2.45) is 28.1 Å². The molecule has 0 aromatic carbocycles. The van der Waals surface area contributed by atoms with Crippen molar-refractivity contribution in [2.45, 2.75) is 76.5 Å². The van der Waals surface area contributed by atoms with Crippen LogP contribution in [0.4, 0.5) is 0 Å². The Bertz CT molecular complexity index is 760. The molecule has 12 nitrogen and oxygen atoms in total. The molecule has 0 bridgehead atoms. The third-order valence-corrected chi connectivity index (χ3v) is 6.33. The van der Waals surface area contributed by atoms with Gasteiger partial charge in [-0.25, -0.2) is 4.79 Å². The van der Waals surface area contributed by atoms with Crippen molar-refractivity contribution in [3.05, 3.63) is 0 Å². The highest BCUT2D eigenvalue weighted by atomic mass is 32.2. The first-order chi connectivity index (χ1) is 16.5. The first-order valence-electron chi connectivity index (χ1n) is 11.9. The van der Waals surface area contributed by atoms with Gasteiger partial charge in [-0.1, -0.05) is 13.8 Å². The molecule has 9 N–H and O–H groups in total. The van der Waals surface area contributed by atoms with Crippen LogP contribution in [0.2, 0.25) is 0 Å². The van der Waals surface area contributed by atoms with Gasteiger partial charge in [0, 0.05) is 13.1 Å². The Morgan fingerprint density at radius 2 is 1.83 bits per heavy atom. The summed E-state index contributed by atoms with van der Waals surface area (Å²) in [5, 5.41) is 14.8. The standard InChI is InChI=1S/C22H41N7O5S/c1-13(2)12-16(28-18(30)14(23)8-11-35-3)20(32)29-10-5-7-17(29)19(31)27-15(21(33)34)6-4-9-26-22(24)25/h13-17H,4-12,23H2,1-3H3,(H,27,31)(H,28,30)(H,33,34)(H4,24,25,26). The maximum atomic E-state index is 13.4. The second-order valence-electron chi connectivity index (χ2n) is 9.12. The normalized spacial score (nSPS) is 18.0. The average molecular weight is 516 g/mol. The van der Waals surface area contributed by atoms with E-state index < -0.39 is 42.0 Å². The summed E-state index contributed by atoms with van der Waals surface area (Å²) >= 11 is 1.58. The Balaban J connectivity index is 2.87. The van der Waals surface area contributed by atoms with Gasteiger partial charge in [-0.2, -0.15) is 11.8 Å². The minimum atomic E-state index is -1.18. The first kappa shape index (κ1) is 30.5. The van der Waals surface area contributed by atoms with Crippen LogP contribution in [-0.4, -0.2) is 88.9 Å². The van der Waals surface area contributed by atoms with E-state index >= 15 is 0 Å². The Labute approximate surface area is 211 Å².